The van der Waals surface area contributed by atoms with Gasteiger partial charge >= 0.3 is 6.18 Å². The predicted octanol–water partition coefficient (Wildman–Crippen LogP) is 4.60. The summed E-state index contributed by atoms with van der Waals surface area (Å²) in [7, 11) is 0. The van der Waals surface area contributed by atoms with Gasteiger partial charge in [-0.3, -0.25) is 0 Å². The summed E-state index contributed by atoms with van der Waals surface area (Å²) in [5.41, 5.74) is 1.95. The molecule has 1 nitrogen and oxygen atoms in total. The highest BCUT2D eigenvalue weighted by atomic mass is 19.4. The number of hydrogen-bond donors (Lipinski definition) is 1. The van der Waals surface area contributed by atoms with Crippen LogP contribution in [-0.4, -0.2) is 6.54 Å². The van der Waals surface area contributed by atoms with Gasteiger partial charge in [0, 0.05) is 18.2 Å². The van der Waals surface area contributed by atoms with E-state index in [-0.39, 0.29) is 11.7 Å². The zero-order chi connectivity index (χ0) is 15.0. The normalized spacial score (nSPS) is 18.0. The molecule has 2 aromatic rings. The molecule has 1 atom stereocenters. The lowest BCUT2D eigenvalue weighted by Gasteiger charge is -2.26. The molecule has 0 saturated carbocycles. The van der Waals surface area contributed by atoms with Crippen molar-refractivity contribution in [1.82, 2.24) is 0 Å². The van der Waals surface area contributed by atoms with Gasteiger partial charge < -0.3 is 5.32 Å². The van der Waals surface area contributed by atoms with E-state index in [1.165, 1.54) is 24.3 Å². The number of halogens is 4. The van der Waals surface area contributed by atoms with Crippen LogP contribution in [0.2, 0.25) is 0 Å². The Bertz CT molecular complexity index is 646. The van der Waals surface area contributed by atoms with E-state index in [0.29, 0.717) is 13.0 Å². The third kappa shape index (κ3) is 2.86. The molecule has 1 aliphatic rings. The van der Waals surface area contributed by atoms with Crippen molar-refractivity contribution in [2.45, 2.75) is 18.5 Å². The zero-order valence-electron chi connectivity index (χ0n) is 11.0. The van der Waals surface area contributed by atoms with Crippen LogP contribution in [0.5, 0.6) is 0 Å². The van der Waals surface area contributed by atoms with Gasteiger partial charge in [0.2, 0.25) is 0 Å². The van der Waals surface area contributed by atoms with Gasteiger partial charge in [-0.2, -0.15) is 13.2 Å². The fourth-order valence-corrected chi connectivity index (χ4v) is 2.64. The molecule has 1 heterocycles. The average molecular weight is 295 g/mol. The van der Waals surface area contributed by atoms with E-state index in [2.05, 4.69) is 5.32 Å². The Morgan fingerprint density at radius 3 is 2.38 bits per heavy atom. The minimum Gasteiger partial charge on any atom is -0.384 e. The standard InChI is InChI=1S/C16H13F4N/c17-14-6-3-11-7-12(9-21-15(11)8-14)10-1-4-13(5-2-10)16(18,19)20/h1-6,8,12,21H,7,9H2. The molecule has 2 aromatic carbocycles. The van der Waals surface area contributed by atoms with Crippen LogP contribution in [0.25, 0.3) is 0 Å². The molecular weight excluding hydrogens is 282 g/mol. The Hall–Kier alpha value is -2.04. The maximum absolute atomic E-state index is 13.1. The minimum atomic E-state index is -4.31. The second-order valence-corrected chi connectivity index (χ2v) is 5.20. The molecule has 0 amide bonds. The second-order valence-electron chi connectivity index (χ2n) is 5.20. The van der Waals surface area contributed by atoms with Crippen molar-refractivity contribution in [3.63, 3.8) is 0 Å². The van der Waals surface area contributed by atoms with Crippen molar-refractivity contribution < 1.29 is 17.6 Å². The lowest BCUT2D eigenvalue weighted by atomic mass is 9.88. The summed E-state index contributed by atoms with van der Waals surface area (Å²) in [5, 5.41) is 3.13. The van der Waals surface area contributed by atoms with Gasteiger partial charge in [-0.05, 0) is 41.8 Å². The van der Waals surface area contributed by atoms with Crippen LogP contribution in [0, 0.1) is 5.82 Å². The quantitative estimate of drug-likeness (QED) is 0.758. The van der Waals surface area contributed by atoms with Gasteiger partial charge in [-0.15, -0.1) is 0 Å². The van der Waals surface area contributed by atoms with E-state index in [1.54, 1.807) is 6.07 Å². The lowest BCUT2D eigenvalue weighted by molar-refractivity contribution is -0.137. The van der Waals surface area contributed by atoms with Crippen molar-refractivity contribution in [3.8, 4) is 0 Å². The zero-order valence-corrected chi connectivity index (χ0v) is 11.0. The summed E-state index contributed by atoms with van der Waals surface area (Å²) in [6.45, 7) is 0.585. The van der Waals surface area contributed by atoms with E-state index in [0.717, 1.165) is 28.9 Å². The molecule has 1 aliphatic heterocycles. The first kappa shape index (κ1) is 13.9. The molecule has 0 aliphatic carbocycles. The summed E-state index contributed by atoms with van der Waals surface area (Å²) in [5.74, 6) is -0.209. The number of anilines is 1. The van der Waals surface area contributed by atoms with Gasteiger partial charge in [0.05, 0.1) is 5.56 Å². The van der Waals surface area contributed by atoms with Gasteiger partial charge in [0.1, 0.15) is 5.82 Å². The Balaban J connectivity index is 1.81. The molecule has 0 bridgehead atoms. The van der Waals surface area contributed by atoms with E-state index >= 15 is 0 Å². The largest absolute Gasteiger partial charge is 0.416 e. The molecule has 21 heavy (non-hydrogen) atoms. The van der Waals surface area contributed by atoms with Crippen LogP contribution >= 0.6 is 0 Å². The monoisotopic (exact) mass is 295 g/mol. The summed E-state index contributed by atoms with van der Waals surface area (Å²) in [4.78, 5) is 0. The molecule has 3 rings (SSSR count). The Morgan fingerprint density at radius 2 is 1.71 bits per heavy atom. The predicted molar refractivity (Wildman–Crippen MR) is 72.8 cm³/mol. The number of nitrogens with one attached hydrogen (secondary N) is 1. The summed E-state index contributed by atoms with van der Waals surface area (Å²) in [6.07, 6.45) is -3.62. The maximum Gasteiger partial charge on any atom is 0.416 e. The van der Waals surface area contributed by atoms with Gasteiger partial charge in [-0.25, -0.2) is 4.39 Å². The highest BCUT2D eigenvalue weighted by Crippen LogP contribution is 2.33. The molecule has 0 radical (unpaired) electrons. The number of fused-ring (bicyclic) bond motifs is 1. The van der Waals surface area contributed by atoms with E-state index in [9.17, 15) is 17.6 Å². The Morgan fingerprint density at radius 1 is 1.00 bits per heavy atom. The Labute approximate surface area is 119 Å². The molecule has 0 fully saturated rings. The highest BCUT2D eigenvalue weighted by Gasteiger charge is 2.30. The van der Waals surface area contributed by atoms with Gasteiger partial charge in [-0.1, -0.05) is 18.2 Å². The summed E-state index contributed by atoms with van der Waals surface area (Å²) >= 11 is 0. The van der Waals surface area contributed by atoms with E-state index in [1.807, 2.05) is 0 Å². The van der Waals surface area contributed by atoms with Gasteiger partial charge in [0.25, 0.3) is 0 Å². The molecular formula is C16H13F4N. The summed E-state index contributed by atoms with van der Waals surface area (Å²) in [6, 6.07) is 9.81. The van der Waals surface area contributed by atoms with Crippen molar-refractivity contribution in [3.05, 3.63) is 65.0 Å². The van der Waals surface area contributed by atoms with Crippen LogP contribution in [0.15, 0.2) is 42.5 Å². The average Bonchev–Trinajstić information content (AvgIpc) is 2.46. The van der Waals surface area contributed by atoms with Crippen molar-refractivity contribution in [1.29, 1.82) is 0 Å². The SMILES string of the molecule is Fc1ccc2c(c1)NCC(c1ccc(C(F)(F)F)cc1)C2. The van der Waals surface area contributed by atoms with Crippen LogP contribution in [0.1, 0.15) is 22.6 Å². The molecule has 110 valence electrons. The number of hydrogen-bond acceptors (Lipinski definition) is 1. The molecule has 0 saturated heterocycles. The fraction of sp³-hybridized carbons (Fsp3) is 0.250. The lowest BCUT2D eigenvalue weighted by Crippen LogP contribution is -2.21. The van der Waals surface area contributed by atoms with Crippen LogP contribution in [-0.2, 0) is 12.6 Å². The summed E-state index contributed by atoms with van der Waals surface area (Å²) < 4.78 is 50.8. The number of rotatable bonds is 1. The van der Waals surface area contributed by atoms with E-state index in [4.69, 9.17) is 0 Å². The second kappa shape index (κ2) is 5.06. The third-order valence-corrected chi connectivity index (χ3v) is 3.79. The van der Waals surface area contributed by atoms with Crippen LogP contribution < -0.4 is 5.32 Å². The highest BCUT2D eigenvalue weighted by molar-refractivity contribution is 5.55. The number of benzene rings is 2. The first-order valence-corrected chi connectivity index (χ1v) is 6.63. The van der Waals surface area contributed by atoms with Crippen molar-refractivity contribution in [2.24, 2.45) is 0 Å². The molecule has 1 unspecified atom stereocenters. The van der Waals surface area contributed by atoms with Gasteiger partial charge in [0.15, 0.2) is 0 Å². The minimum absolute atomic E-state index is 0.0882. The van der Waals surface area contributed by atoms with Crippen molar-refractivity contribution >= 4 is 5.69 Å². The molecule has 5 heteroatoms. The maximum atomic E-state index is 13.1. The van der Waals surface area contributed by atoms with Crippen LogP contribution in [0.4, 0.5) is 23.2 Å². The van der Waals surface area contributed by atoms with E-state index < -0.39 is 11.7 Å². The molecule has 1 N–H and O–H groups in total. The smallest absolute Gasteiger partial charge is 0.384 e. The Kier molecular flexibility index (Phi) is 3.35. The fourth-order valence-electron chi connectivity index (χ4n) is 2.64. The first-order chi connectivity index (χ1) is 9.93. The number of alkyl halides is 3. The third-order valence-electron chi connectivity index (χ3n) is 3.79. The molecule has 0 aromatic heterocycles. The van der Waals surface area contributed by atoms with Crippen LogP contribution in [0.3, 0.4) is 0 Å². The first-order valence-electron chi connectivity index (χ1n) is 6.63. The molecule has 0 spiro atoms. The van der Waals surface area contributed by atoms with Crippen molar-refractivity contribution in [2.75, 3.05) is 11.9 Å². The topological polar surface area (TPSA) is 12.0 Å².